The molecule has 1 saturated carbocycles. The van der Waals surface area contributed by atoms with Crippen molar-refractivity contribution in [3.8, 4) is 0 Å². The van der Waals surface area contributed by atoms with Gasteiger partial charge in [-0.2, -0.15) is 0 Å². The third-order valence-corrected chi connectivity index (χ3v) is 4.23. The van der Waals surface area contributed by atoms with Crippen LogP contribution in [0, 0.1) is 11.8 Å². The molecule has 0 bridgehead atoms. The fourth-order valence-corrected chi connectivity index (χ4v) is 3.35. The molecule has 0 aromatic rings. The fraction of sp³-hybridized carbons (Fsp3) is 1.00. The molecule has 1 aliphatic carbocycles. The highest BCUT2D eigenvalue weighted by molar-refractivity contribution is 4.88. The van der Waals surface area contributed by atoms with Crippen LogP contribution in [0.1, 0.15) is 44.9 Å². The molecule has 2 rings (SSSR count). The molecule has 2 fully saturated rings. The molecular formula is C13H26N2. The van der Waals surface area contributed by atoms with Gasteiger partial charge in [0, 0.05) is 13.1 Å². The van der Waals surface area contributed by atoms with Gasteiger partial charge in [-0.05, 0) is 50.6 Å². The van der Waals surface area contributed by atoms with Crippen LogP contribution in [0.3, 0.4) is 0 Å². The molecule has 1 heterocycles. The summed E-state index contributed by atoms with van der Waals surface area (Å²) in [6.45, 7) is 5.02. The summed E-state index contributed by atoms with van der Waals surface area (Å²) >= 11 is 0. The Hall–Kier alpha value is -0.0800. The molecular weight excluding hydrogens is 184 g/mol. The minimum atomic E-state index is 0.869. The number of fused-ring (bicyclic) bond motifs is 1. The Labute approximate surface area is 94.2 Å². The minimum absolute atomic E-state index is 0.869. The van der Waals surface area contributed by atoms with Crippen molar-refractivity contribution >= 4 is 0 Å². The molecule has 0 spiro atoms. The first-order valence-electron chi connectivity index (χ1n) is 6.82. The number of likely N-dealkylation sites (tertiary alicyclic amines) is 1. The van der Waals surface area contributed by atoms with Crippen LogP contribution in [0.2, 0.25) is 0 Å². The number of hydrogen-bond acceptors (Lipinski definition) is 2. The molecule has 2 atom stereocenters. The van der Waals surface area contributed by atoms with E-state index < -0.39 is 0 Å². The van der Waals surface area contributed by atoms with Gasteiger partial charge in [-0.25, -0.2) is 0 Å². The number of rotatable bonds is 6. The molecule has 0 aromatic carbocycles. The largest absolute Gasteiger partial charge is 0.330 e. The molecule has 2 heteroatoms. The molecule has 2 nitrogen and oxygen atoms in total. The maximum Gasteiger partial charge on any atom is 0.00129 e. The Morgan fingerprint density at radius 2 is 1.60 bits per heavy atom. The summed E-state index contributed by atoms with van der Waals surface area (Å²) in [5.41, 5.74) is 5.48. The highest BCUT2D eigenvalue weighted by Gasteiger charge is 2.35. The Kier molecular flexibility index (Phi) is 4.45. The van der Waals surface area contributed by atoms with Crippen LogP contribution in [0.15, 0.2) is 0 Å². The zero-order valence-electron chi connectivity index (χ0n) is 9.96. The van der Waals surface area contributed by atoms with Gasteiger partial charge in [-0.15, -0.1) is 0 Å². The molecule has 1 saturated heterocycles. The lowest BCUT2D eigenvalue weighted by molar-refractivity contribution is 0.302. The lowest BCUT2D eigenvalue weighted by Gasteiger charge is -2.16. The smallest absolute Gasteiger partial charge is 0.00129 e. The van der Waals surface area contributed by atoms with E-state index in [1.54, 1.807) is 0 Å². The van der Waals surface area contributed by atoms with Crippen LogP contribution in [0.4, 0.5) is 0 Å². The van der Waals surface area contributed by atoms with E-state index in [0.717, 1.165) is 18.4 Å². The minimum Gasteiger partial charge on any atom is -0.330 e. The van der Waals surface area contributed by atoms with Crippen LogP contribution >= 0.6 is 0 Å². The highest BCUT2D eigenvalue weighted by atomic mass is 15.2. The number of nitrogens with two attached hydrogens (primary N) is 1. The van der Waals surface area contributed by atoms with Gasteiger partial charge in [0.1, 0.15) is 0 Å². The summed E-state index contributed by atoms with van der Waals surface area (Å²) in [6, 6.07) is 0. The van der Waals surface area contributed by atoms with E-state index in [2.05, 4.69) is 4.90 Å². The van der Waals surface area contributed by atoms with Crippen molar-refractivity contribution in [3.05, 3.63) is 0 Å². The summed E-state index contributed by atoms with van der Waals surface area (Å²) < 4.78 is 0. The van der Waals surface area contributed by atoms with E-state index in [4.69, 9.17) is 5.73 Å². The summed E-state index contributed by atoms with van der Waals surface area (Å²) in [5.74, 6) is 2.13. The zero-order chi connectivity index (χ0) is 10.5. The Morgan fingerprint density at radius 1 is 0.933 bits per heavy atom. The van der Waals surface area contributed by atoms with Gasteiger partial charge in [-0.1, -0.05) is 19.3 Å². The van der Waals surface area contributed by atoms with E-state index >= 15 is 0 Å². The van der Waals surface area contributed by atoms with Crippen LogP contribution in [-0.4, -0.2) is 31.1 Å². The monoisotopic (exact) mass is 210 g/mol. The van der Waals surface area contributed by atoms with E-state index in [-0.39, 0.29) is 0 Å². The van der Waals surface area contributed by atoms with Gasteiger partial charge < -0.3 is 10.6 Å². The van der Waals surface area contributed by atoms with Crippen LogP contribution in [0.25, 0.3) is 0 Å². The third-order valence-electron chi connectivity index (χ3n) is 4.23. The van der Waals surface area contributed by atoms with Crippen molar-refractivity contribution in [3.63, 3.8) is 0 Å². The van der Waals surface area contributed by atoms with Crippen molar-refractivity contribution in [2.24, 2.45) is 17.6 Å². The first-order valence-corrected chi connectivity index (χ1v) is 6.82. The van der Waals surface area contributed by atoms with Gasteiger partial charge >= 0.3 is 0 Å². The van der Waals surface area contributed by atoms with Crippen molar-refractivity contribution in [1.82, 2.24) is 4.90 Å². The second-order valence-electron chi connectivity index (χ2n) is 5.41. The molecule has 0 aromatic heterocycles. The zero-order valence-corrected chi connectivity index (χ0v) is 9.96. The molecule has 88 valence electrons. The molecule has 2 unspecified atom stereocenters. The average Bonchev–Trinajstić information content (AvgIpc) is 2.77. The second kappa shape index (κ2) is 5.86. The third kappa shape index (κ3) is 3.18. The van der Waals surface area contributed by atoms with Gasteiger partial charge in [0.2, 0.25) is 0 Å². The van der Waals surface area contributed by atoms with E-state index in [1.165, 1.54) is 64.6 Å². The number of nitrogens with zero attached hydrogens (tertiary/aromatic N) is 1. The van der Waals surface area contributed by atoms with E-state index in [9.17, 15) is 0 Å². The van der Waals surface area contributed by atoms with Gasteiger partial charge in [0.05, 0.1) is 0 Å². The predicted octanol–water partition coefficient (Wildman–Crippen LogP) is 2.24. The SMILES string of the molecule is NCCCCCCN1CC2CCCC2C1. The van der Waals surface area contributed by atoms with Crippen LogP contribution in [-0.2, 0) is 0 Å². The summed E-state index contributed by atoms with van der Waals surface area (Å²) in [5, 5.41) is 0. The fourth-order valence-electron chi connectivity index (χ4n) is 3.35. The van der Waals surface area contributed by atoms with E-state index in [0.29, 0.717) is 0 Å². The number of hydrogen-bond donors (Lipinski definition) is 1. The molecule has 1 aliphatic heterocycles. The maximum atomic E-state index is 5.48. The van der Waals surface area contributed by atoms with Crippen molar-refractivity contribution in [2.45, 2.75) is 44.9 Å². The maximum absolute atomic E-state index is 5.48. The molecule has 2 aliphatic rings. The molecule has 15 heavy (non-hydrogen) atoms. The first-order chi connectivity index (χ1) is 7.40. The second-order valence-corrected chi connectivity index (χ2v) is 5.41. The summed E-state index contributed by atoms with van der Waals surface area (Å²) in [7, 11) is 0. The lowest BCUT2D eigenvalue weighted by atomic mass is 10.0. The van der Waals surface area contributed by atoms with Gasteiger partial charge in [0.15, 0.2) is 0 Å². The highest BCUT2D eigenvalue weighted by Crippen LogP contribution is 2.37. The normalized spacial score (nSPS) is 31.0. The van der Waals surface area contributed by atoms with Gasteiger partial charge in [0.25, 0.3) is 0 Å². The Bertz CT molecular complexity index is 169. The van der Waals surface area contributed by atoms with Gasteiger partial charge in [-0.3, -0.25) is 0 Å². The van der Waals surface area contributed by atoms with Crippen LogP contribution < -0.4 is 5.73 Å². The molecule has 2 N–H and O–H groups in total. The summed E-state index contributed by atoms with van der Waals surface area (Å²) in [4.78, 5) is 2.71. The quantitative estimate of drug-likeness (QED) is 0.681. The molecule has 0 radical (unpaired) electrons. The Balaban J connectivity index is 1.53. The van der Waals surface area contributed by atoms with Crippen molar-refractivity contribution in [2.75, 3.05) is 26.2 Å². The number of unbranched alkanes of at least 4 members (excludes halogenated alkanes) is 3. The van der Waals surface area contributed by atoms with Crippen molar-refractivity contribution < 1.29 is 0 Å². The average molecular weight is 210 g/mol. The topological polar surface area (TPSA) is 29.3 Å². The Morgan fingerprint density at radius 3 is 2.27 bits per heavy atom. The van der Waals surface area contributed by atoms with E-state index in [1.807, 2.05) is 0 Å². The standard InChI is InChI=1S/C13H26N2/c14-8-3-1-2-4-9-15-10-12-6-5-7-13(12)11-15/h12-13H,1-11,14H2. The van der Waals surface area contributed by atoms with Crippen molar-refractivity contribution in [1.29, 1.82) is 0 Å². The first kappa shape index (κ1) is 11.4. The summed E-state index contributed by atoms with van der Waals surface area (Å²) in [6.07, 6.45) is 9.83. The predicted molar refractivity (Wildman–Crippen MR) is 64.8 cm³/mol. The van der Waals surface area contributed by atoms with Crippen LogP contribution in [0.5, 0.6) is 0 Å². The molecule has 0 amide bonds. The lowest BCUT2D eigenvalue weighted by Crippen LogP contribution is -2.22.